The number of hydrogen-bond acceptors (Lipinski definition) is 10. The van der Waals surface area contributed by atoms with Gasteiger partial charge in [-0.1, -0.05) is 30.3 Å². The lowest BCUT2D eigenvalue weighted by Crippen LogP contribution is -2.47. The molecule has 12 heteroatoms. The Balaban J connectivity index is 1.48. The second-order valence-electron chi connectivity index (χ2n) is 12.7. The number of esters is 2. The topological polar surface area (TPSA) is 141 Å². The first kappa shape index (κ1) is 32.0. The zero-order valence-electron chi connectivity index (χ0n) is 26.7. The number of nitrogens with one attached hydrogen (secondary N) is 2. The Morgan fingerprint density at radius 1 is 1.22 bits per heavy atom. The van der Waals surface area contributed by atoms with Gasteiger partial charge in [-0.25, -0.2) is 4.79 Å². The Morgan fingerprint density at radius 3 is 2.69 bits per heavy atom. The predicted molar refractivity (Wildman–Crippen MR) is 168 cm³/mol. The predicted octanol–water partition coefficient (Wildman–Crippen LogP) is 3.25. The van der Waals surface area contributed by atoms with Crippen LogP contribution in [0.1, 0.15) is 75.4 Å². The van der Waals surface area contributed by atoms with Gasteiger partial charge in [0.05, 0.1) is 30.8 Å². The molecule has 5 rings (SSSR count). The van der Waals surface area contributed by atoms with Crippen molar-refractivity contribution < 1.29 is 28.7 Å². The maximum atomic E-state index is 14.0. The largest absolute Gasteiger partial charge is 0.457 e. The van der Waals surface area contributed by atoms with Crippen LogP contribution in [0, 0.1) is 0 Å². The summed E-state index contributed by atoms with van der Waals surface area (Å²) in [4.78, 5) is 60.3. The highest BCUT2D eigenvalue weighted by Crippen LogP contribution is 2.46. The van der Waals surface area contributed by atoms with Crippen molar-refractivity contribution in [2.24, 2.45) is 5.16 Å². The minimum Gasteiger partial charge on any atom is -0.457 e. The van der Waals surface area contributed by atoms with E-state index in [0.29, 0.717) is 30.9 Å². The molecule has 0 aliphatic carbocycles. The molecule has 0 radical (unpaired) electrons. The summed E-state index contributed by atoms with van der Waals surface area (Å²) < 4.78 is 13.0. The molecule has 45 heavy (non-hydrogen) atoms. The SMILES string of the molecule is CC[C@@]1(OC(=O)CCC(=O)NCCN(C)C)C(=O)OCc2c1cc1n(c2=O)CC2=C(/C=N/OC(C)(C)C)c3ccccc3NC21. The highest BCUT2D eigenvalue weighted by atomic mass is 16.6. The van der Waals surface area contributed by atoms with Crippen LogP contribution >= 0.6 is 0 Å². The lowest BCUT2D eigenvalue weighted by atomic mass is 9.84. The zero-order chi connectivity index (χ0) is 32.5. The molecule has 4 heterocycles. The minimum absolute atomic E-state index is 0.0498. The molecule has 2 atom stereocenters. The Bertz CT molecular complexity index is 1630. The fourth-order valence-corrected chi connectivity index (χ4v) is 5.85. The van der Waals surface area contributed by atoms with Crippen molar-refractivity contribution in [1.82, 2.24) is 14.8 Å². The number of amides is 1. The number of aromatic nitrogens is 1. The number of carbonyl (C=O) groups excluding carboxylic acids is 3. The zero-order valence-corrected chi connectivity index (χ0v) is 26.7. The van der Waals surface area contributed by atoms with E-state index in [1.807, 2.05) is 64.0 Å². The van der Waals surface area contributed by atoms with Crippen molar-refractivity contribution in [3.8, 4) is 0 Å². The number of anilines is 1. The van der Waals surface area contributed by atoms with Crippen LogP contribution in [-0.4, -0.2) is 66.3 Å². The molecule has 2 N–H and O–H groups in total. The molecule has 240 valence electrons. The van der Waals surface area contributed by atoms with Gasteiger partial charge >= 0.3 is 11.9 Å². The highest BCUT2D eigenvalue weighted by molar-refractivity contribution is 6.14. The average Bonchev–Trinajstić information content (AvgIpc) is 3.35. The summed E-state index contributed by atoms with van der Waals surface area (Å²) in [5.41, 5.74) is 2.14. The number of allylic oxidation sites excluding steroid dienone is 1. The Labute approximate surface area is 262 Å². The number of oxime groups is 1. The number of benzene rings is 1. The van der Waals surface area contributed by atoms with Gasteiger partial charge in [-0.05, 0) is 59.0 Å². The third-order valence-corrected chi connectivity index (χ3v) is 8.11. The van der Waals surface area contributed by atoms with E-state index in [2.05, 4.69) is 15.8 Å². The molecule has 0 spiro atoms. The van der Waals surface area contributed by atoms with Crippen LogP contribution in [0.25, 0.3) is 5.57 Å². The summed E-state index contributed by atoms with van der Waals surface area (Å²) >= 11 is 0. The number of carbonyl (C=O) groups is 3. The number of pyridine rings is 1. The lowest BCUT2D eigenvalue weighted by Gasteiger charge is -2.36. The molecule has 0 fully saturated rings. The summed E-state index contributed by atoms with van der Waals surface area (Å²) in [7, 11) is 3.79. The van der Waals surface area contributed by atoms with Crippen molar-refractivity contribution in [3.63, 3.8) is 0 Å². The summed E-state index contributed by atoms with van der Waals surface area (Å²) in [6.07, 6.45) is 1.42. The maximum absolute atomic E-state index is 14.0. The van der Waals surface area contributed by atoms with Gasteiger partial charge in [0.2, 0.25) is 11.5 Å². The molecule has 2 aromatic rings. The van der Waals surface area contributed by atoms with Crippen LogP contribution in [-0.2, 0) is 47.4 Å². The first-order valence-corrected chi connectivity index (χ1v) is 15.2. The van der Waals surface area contributed by atoms with Crippen LogP contribution < -0.4 is 16.2 Å². The molecule has 0 saturated carbocycles. The Kier molecular flexibility index (Phi) is 8.88. The summed E-state index contributed by atoms with van der Waals surface area (Å²) in [6, 6.07) is 9.18. The molecule has 1 amide bonds. The van der Waals surface area contributed by atoms with E-state index in [1.165, 1.54) is 0 Å². The molecule has 3 aliphatic rings. The summed E-state index contributed by atoms with van der Waals surface area (Å²) in [5.74, 6) is -1.77. The lowest BCUT2D eigenvalue weighted by molar-refractivity contribution is -0.189. The Morgan fingerprint density at radius 2 is 1.98 bits per heavy atom. The van der Waals surface area contributed by atoms with E-state index in [0.717, 1.165) is 22.4 Å². The van der Waals surface area contributed by atoms with Gasteiger partial charge in [0.25, 0.3) is 5.56 Å². The smallest absolute Gasteiger partial charge is 0.355 e. The van der Waals surface area contributed by atoms with Gasteiger partial charge in [-0.2, -0.15) is 0 Å². The van der Waals surface area contributed by atoms with Crippen molar-refractivity contribution >= 4 is 35.3 Å². The van der Waals surface area contributed by atoms with Gasteiger partial charge < -0.3 is 34.4 Å². The molecule has 0 bridgehead atoms. The normalized spacial score (nSPS) is 20.2. The summed E-state index contributed by atoms with van der Waals surface area (Å²) in [6.45, 7) is 8.60. The van der Waals surface area contributed by atoms with E-state index in [9.17, 15) is 19.2 Å². The van der Waals surface area contributed by atoms with E-state index in [-0.39, 0.29) is 42.9 Å². The third kappa shape index (κ3) is 6.37. The number of cyclic esters (lactones) is 1. The van der Waals surface area contributed by atoms with Crippen LogP contribution in [0.15, 0.2) is 45.9 Å². The van der Waals surface area contributed by atoms with E-state index < -0.39 is 29.2 Å². The highest BCUT2D eigenvalue weighted by Gasteiger charge is 2.51. The number of rotatable bonds is 10. The standard InChI is InChI=1S/C33H41N5O7/c1-7-33(44-28(40)13-12-27(39)34-14-15-37(5)6)24-16-26-29-22(18-38(26)30(41)23(24)19-43-31(33)42)21(17-35-45-32(2,3)4)20-10-8-9-11-25(20)36-29/h8-11,16-17,29,36H,7,12-15,18-19H2,1-6H3,(H,34,39)/b35-17+/t29?,33-/m0/s1. The van der Waals surface area contributed by atoms with Crippen LogP contribution in [0.4, 0.5) is 5.69 Å². The van der Waals surface area contributed by atoms with Gasteiger partial charge in [0, 0.05) is 47.6 Å². The second-order valence-corrected chi connectivity index (χ2v) is 12.7. The molecular formula is C33H41N5O7. The van der Waals surface area contributed by atoms with Gasteiger partial charge in [-0.15, -0.1) is 0 Å². The molecule has 3 aliphatic heterocycles. The van der Waals surface area contributed by atoms with Gasteiger partial charge in [0.15, 0.2) is 0 Å². The number of para-hydroxylation sites is 1. The molecular weight excluding hydrogens is 578 g/mol. The number of hydrogen-bond donors (Lipinski definition) is 2. The molecule has 1 unspecified atom stereocenters. The average molecular weight is 620 g/mol. The minimum atomic E-state index is -1.81. The molecule has 1 aromatic heterocycles. The van der Waals surface area contributed by atoms with Crippen molar-refractivity contribution in [3.05, 3.63) is 68.6 Å². The summed E-state index contributed by atoms with van der Waals surface area (Å²) in [5, 5.41) is 10.6. The third-order valence-electron chi connectivity index (χ3n) is 8.11. The van der Waals surface area contributed by atoms with Gasteiger partial charge in [0.1, 0.15) is 12.2 Å². The maximum Gasteiger partial charge on any atom is 0.355 e. The monoisotopic (exact) mass is 619 g/mol. The van der Waals surface area contributed by atoms with Crippen LogP contribution in [0.3, 0.4) is 0 Å². The van der Waals surface area contributed by atoms with Gasteiger partial charge in [-0.3, -0.25) is 14.4 Å². The number of nitrogens with zero attached hydrogens (tertiary/aromatic N) is 3. The van der Waals surface area contributed by atoms with Crippen molar-refractivity contribution in [2.75, 3.05) is 32.5 Å². The van der Waals surface area contributed by atoms with Crippen LogP contribution in [0.5, 0.6) is 0 Å². The van der Waals surface area contributed by atoms with E-state index >= 15 is 0 Å². The number of fused-ring (bicyclic) bond motifs is 5. The number of likely N-dealkylation sites (N-methyl/N-ethyl adjacent to an activating group) is 1. The van der Waals surface area contributed by atoms with Crippen molar-refractivity contribution in [1.29, 1.82) is 0 Å². The van der Waals surface area contributed by atoms with E-state index in [1.54, 1.807) is 23.8 Å². The first-order valence-electron chi connectivity index (χ1n) is 15.2. The van der Waals surface area contributed by atoms with Crippen LogP contribution in [0.2, 0.25) is 0 Å². The first-order chi connectivity index (χ1) is 21.3. The fraction of sp³-hybridized carbons (Fsp3) is 0.485. The fourth-order valence-electron chi connectivity index (χ4n) is 5.85. The quantitative estimate of drug-likeness (QED) is 0.233. The molecule has 0 saturated heterocycles. The van der Waals surface area contributed by atoms with Crippen molar-refractivity contribution in [2.45, 2.75) is 77.4 Å². The number of ether oxygens (including phenoxy) is 2. The molecule has 1 aromatic carbocycles. The second kappa shape index (κ2) is 12.5. The van der Waals surface area contributed by atoms with E-state index in [4.69, 9.17) is 14.3 Å². The Hall–Kier alpha value is -4.45. The molecule has 12 nitrogen and oxygen atoms in total.